The molecule has 0 amide bonds. The van der Waals surface area contributed by atoms with Gasteiger partial charge in [0.1, 0.15) is 31.6 Å². The first-order chi connectivity index (χ1) is 17.2. The van der Waals surface area contributed by atoms with Crippen molar-refractivity contribution in [3.8, 4) is 0 Å². The Morgan fingerprint density at radius 1 is 0.889 bits per heavy atom. The van der Waals surface area contributed by atoms with Crippen LogP contribution in [-0.2, 0) is 17.8 Å². The molecule has 0 aliphatic heterocycles. The minimum absolute atomic E-state index is 0. The molecule has 0 spiro atoms. The SMILES string of the molecule is C=Cc1ccc(C[n+]2ccn(CC(O)COCCCCCCCCCCCCCCCC)c2)cc1.[I-]. The van der Waals surface area contributed by atoms with Gasteiger partial charge in [-0.05, 0) is 17.5 Å². The van der Waals surface area contributed by atoms with Crippen LogP contribution in [0.5, 0.6) is 0 Å². The minimum atomic E-state index is -0.477. The second-order valence-corrected chi connectivity index (χ2v) is 10.1. The summed E-state index contributed by atoms with van der Waals surface area (Å²) < 4.78 is 9.88. The molecule has 204 valence electrons. The molecule has 1 aromatic heterocycles. The molecule has 2 aromatic rings. The fraction of sp³-hybridized carbons (Fsp3) is 0.645. The van der Waals surface area contributed by atoms with Crippen LogP contribution in [0.15, 0.2) is 49.6 Å². The number of aromatic nitrogens is 2. The van der Waals surface area contributed by atoms with Crippen LogP contribution >= 0.6 is 0 Å². The van der Waals surface area contributed by atoms with Crippen LogP contribution in [0.2, 0.25) is 0 Å². The Hall–Kier alpha value is -1.18. The molecule has 0 aliphatic carbocycles. The van der Waals surface area contributed by atoms with E-state index in [4.69, 9.17) is 4.74 Å². The highest BCUT2D eigenvalue weighted by Gasteiger charge is 2.11. The largest absolute Gasteiger partial charge is 1.00 e. The molecule has 0 aliphatic rings. The Morgan fingerprint density at radius 2 is 1.44 bits per heavy atom. The minimum Gasteiger partial charge on any atom is -1.00 e. The van der Waals surface area contributed by atoms with Gasteiger partial charge in [-0.25, -0.2) is 9.13 Å². The number of ether oxygens (including phenoxy) is 1. The molecule has 0 bridgehead atoms. The lowest BCUT2D eigenvalue weighted by Gasteiger charge is -2.09. The van der Waals surface area contributed by atoms with Crippen LogP contribution in [-0.4, -0.2) is 29.0 Å². The number of aliphatic hydroxyl groups excluding tert-OH is 1. The van der Waals surface area contributed by atoms with E-state index in [2.05, 4.69) is 42.3 Å². The van der Waals surface area contributed by atoms with E-state index in [9.17, 15) is 5.11 Å². The van der Waals surface area contributed by atoms with Gasteiger partial charge in [0, 0.05) is 6.61 Å². The van der Waals surface area contributed by atoms with Crippen LogP contribution in [0.4, 0.5) is 0 Å². The van der Waals surface area contributed by atoms with Gasteiger partial charge in [-0.15, -0.1) is 0 Å². The van der Waals surface area contributed by atoms with Gasteiger partial charge in [-0.3, -0.25) is 0 Å². The predicted octanol–water partition coefficient (Wildman–Crippen LogP) is 4.33. The second kappa shape index (κ2) is 21.9. The highest BCUT2D eigenvalue weighted by molar-refractivity contribution is 5.47. The van der Waals surface area contributed by atoms with Gasteiger partial charge in [0.05, 0.1) is 6.61 Å². The average molecular weight is 611 g/mol. The fourth-order valence-electron chi connectivity index (χ4n) is 4.52. The van der Waals surface area contributed by atoms with Crippen LogP contribution in [0.25, 0.3) is 6.08 Å². The van der Waals surface area contributed by atoms with E-state index in [-0.39, 0.29) is 24.0 Å². The number of rotatable bonds is 22. The van der Waals surface area contributed by atoms with E-state index in [0.717, 1.165) is 25.1 Å². The lowest BCUT2D eigenvalue weighted by Crippen LogP contribution is -3.00. The summed E-state index contributed by atoms with van der Waals surface area (Å²) in [4.78, 5) is 0. The standard InChI is InChI=1S/C31H51N2O2.HI/c1-3-5-6-7-8-9-10-11-12-13-14-15-16-17-24-35-27-31(34)26-33-23-22-32(28-33)25-30-20-18-29(4-2)19-21-30;/h4,18-23,28,31,34H,2-3,5-17,24-27H2,1H3;1H/q+1;/p-1. The van der Waals surface area contributed by atoms with Crippen LogP contribution in [0.3, 0.4) is 0 Å². The molecule has 1 atom stereocenters. The lowest BCUT2D eigenvalue weighted by atomic mass is 10.0. The monoisotopic (exact) mass is 610 g/mol. The first-order valence-corrected chi connectivity index (χ1v) is 14.2. The molecule has 2 rings (SSSR count). The van der Waals surface area contributed by atoms with Crippen LogP contribution in [0.1, 0.15) is 108 Å². The van der Waals surface area contributed by atoms with Crippen molar-refractivity contribution in [1.29, 1.82) is 0 Å². The normalized spacial score (nSPS) is 11.8. The number of hydrogen-bond donors (Lipinski definition) is 1. The summed E-state index contributed by atoms with van der Waals surface area (Å²) in [7, 11) is 0. The van der Waals surface area contributed by atoms with Crippen molar-refractivity contribution in [2.75, 3.05) is 13.2 Å². The zero-order valence-electron chi connectivity index (χ0n) is 22.8. The second-order valence-electron chi connectivity index (χ2n) is 10.1. The molecular weight excluding hydrogens is 559 g/mol. The summed E-state index contributed by atoms with van der Waals surface area (Å²) in [5.41, 5.74) is 2.38. The summed E-state index contributed by atoms with van der Waals surface area (Å²) in [5.74, 6) is 0. The van der Waals surface area contributed by atoms with E-state index >= 15 is 0 Å². The number of halogens is 1. The summed E-state index contributed by atoms with van der Waals surface area (Å²) in [5, 5.41) is 10.3. The average Bonchev–Trinajstić information content (AvgIpc) is 3.30. The van der Waals surface area contributed by atoms with Crippen molar-refractivity contribution in [3.05, 3.63) is 60.7 Å². The van der Waals surface area contributed by atoms with Crippen LogP contribution in [0, 0.1) is 0 Å². The van der Waals surface area contributed by atoms with E-state index < -0.39 is 6.10 Å². The molecule has 0 radical (unpaired) electrons. The maximum absolute atomic E-state index is 10.3. The smallest absolute Gasteiger partial charge is 0.244 e. The quantitative estimate of drug-likeness (QED) is 0.123. The third-order valence-corrected chi connectivity index (χ3v) is 6.70. The van der Waals surface area contributed by atoms with Crippen molar-refractivity contribution in [2.24, 2.45) is 0 Å². The van der Waals surface area contributed by atoms with Crippen LogP contribution < -0.4 is 28.5 Å². The maximum Gasteiger partial charge on any atom is 0.244 e. The topological polar surface area (TPSA) is 38.3 Å². The third kappa shape index (κ3) is 15.8. The number of benzene rings is 1. The van der Waals surface area contributed by atoms with Crippen molar-refractivity contribution in [2.45, 2.75) is 116 Å². The van der Waals surface area contributed by atoms with E-state index in [1.807, 2.05) is 29.4 Å². The Morgan fingerprint density at radius 3 is 2.00 bits per heavy atom. The van der Waals surface area contributed by atoms with Gasteiger partial charge < -0.3 is 33.8 Å². The number of imidazole rings is 1. The van der Waals surface area contributed by atoms with Gasteiger partial charge in [-0.1, -0.05) is 127 Å². The number of unbranched alkanes of at least 4 members (excludes halogenated alkanes) is 13. The lowest BCUT2D eigenvalue weighted by molar-refractivity contribution is -0.687. The van der Waals surface area contributed by atoms with E-state index in [1.165, 1.54) is 89.0 Å². The zero-order valence-corrected chi connectivity index (χ0v) is 24.9. The molecule has 0 saturated heterocycles. The van der Waals surface area contributed by atoms with E-state index in [0.29, 0.717) is 13.2 Å². The number of aliphatic hydroxyl groups is 1. The van der Waals surface area contributed by atoms with Gasteiger partial charge in [-0.2, -0.15) is 0 Å². The Balaban J connectivity index is 0.00000648. The summed E-state index contributed by atoms with van der Waals surface area (Å²) in [6.45, 7) is 8.61. The molecule has 4 nitrogen and oxygen atoms in total. The van der Waals surface area contributed by atoms with Gasteiger partial charge in [0.15, 0.2) is 0 Å². The maximum atomic E-state index is 10.3. The van der Waals surface area contributed by atoms with Crippen molar-refractivity contribution in [3.63, 3.8) is 0 Å². The number of hydrogen-bond acceptors (Lipinski definition) is 2. The summed E-state index contributed by atoms with van der Waals surface area (Å²) >= 11 is 0. The molecule has 1 heterocycles. The fourth-order valence-corrected chi connectivity index (χ4v) is 4.52. The Bertz CT molecular complexity index is 775. The molecule has 1 aromatic carbocycles. The molecule has 0 fully saturated rings. The van der Waals surface area contributed by atoms with Gasteiger partial charge in [0.25, 0.3) is 0 Å². The van der Waals surface area contributed by atoms with Crippen molar-refractivity contribution >= 4 is 6.08 Å². The predicted molar refractivity (Wildman–Crippen MR) is 147 cm³/mol. The summed E-state index contributed by atoms with van der Waals surface area (Å²) in [6.07, 6.45) is 26.6. The number of nitrogens with zero attached hydrogens (tertiary/aromatic N) is 2. The molecular formula is C31H51IN2O2. The van der Waals surface area contributed by atoms with Gasteiger partial charge >= 0.3 is 0 Å². The molecule has 0 saturated carbocycles. The Labute approximate surface area is 238 Å². The molecule has 5 heteroatoms. The highest BCUT2D eigenvalue weighted by atomic mass is 127. The third-order valence-electron chi connectivity index (χ3n) is 6.70. The van der Waals surface area contributed by atoms with Crippen molar-refractivity contribution < 1.29 is 38.4 Å². The van der Waals surface area contributed by atoms with Gasteiger partial charge in [0.2, 0.25) is 6.33 Å². The molecule has 36 heavy (non-hydrogen) atoms. The molecule has 1 N–H and O–H groups in total. The Kier molecular flexibility index (Phi) is 19.9. The summed E-state index contributed by atoms with van der Waals surface area (Å²) in [6, 6.07) is 8.42. The van der Waals surface area contributed by atoms with E-state index in [1.54, 1.807) is 0 Å². The first kappa shape index (κ1) is 32.8. The first-order valence-electron chi connectivity index (χ1n) is 14.2. The molecule has 1 unspecified atom stereocenters. The van der Waals surface area contributed by atoms with Crippen molar-refractivity contribution in [1.82, 2.24) is 4.57 Å². The zero-order chi connectivity index (χ0) is 25.0. The highest BCUT2D eigenvalue weighted by Crippen LogP contribution is 2.13.